The maximum atomic E-state index is 3.54. The third kappa shape index (κ3) is 5.44. The van der Waals surface area contributed by atoms with Gasteiger partial charge in [-0.25, -0.2) is 0 Å². The molecule has 0 spiro atoms. The Kier molecular flexibility index (Phi) is 6.72. The minimum absolute atomic E-state index is 0.624. The standard InChI is InChI=1S/C19H32N2/c1-4-12-21(15-18-6-5-11-20-13-18)14-17-7-9-19(10-8-17)16(2)3/h7-10,16,18,20H,4-6,11-15H2,1-3H3. The summed E-state index contributed by atoms with van der Waals surface area (Å²) < 4.78 is 0. The van der Waals surface area contributed by atoms with Crippen LogP contribution in [-0.2, 0) is 6.54 Å². The molecule has 1 aromatic carbocycles. The van der Waals surface area contributed by atoms with Crippen molar-refractivity contribution in [1.82, 2.24) is 10.2 Å². The van der Waals surface area contributed by atoms with Gasteiger partial charge in [-0.15, -0.1) is 0 Å². The number of rotatable bonds is 7. The summed E-state index contributed by atoms with van der Waals surface area (Å²) in [7, 11) is 0. The zero-order chi connectivity index (χ0) is 15.1. The lowest BCUT2D eigenvalue weighted by Crippen LogP contribution is -2.38. The third-order valence-corrected chi connectivity index (χ3v) is 4.51. The van der Waals surface area contributed by atoms with Crippen molar-refractivity contribution in [2.45, 2.75) is 52.5 Å². The normalized spacial score (nSPS) is 19.4. The van der Waals surface area contributed by atoms with Gasteiger partial charge in [-0.1, -0.05) is 45.0 Å². The molecule has 0 bridgehead atoms. The van der Waals surface area contributed by atoms with Crippen molar-refractivity contribution in [3.05, 3.63) is 35.4 Å². The van der Waals surface area contributed by atoms with Crippen LogP contribution in [0.2, 0.25) is 0 Å². The van der Waals surface area contributed by atoms with Crippen LogP contribution in [0.4, 0.5) is 0 Å². The zero-order valence-corrected chi connectivity index (χ0v) is 14.1. The summed E-state index contributed by atoms with van der Waals surface area (Å²) in [4.78, 5) is 2.64. The highest BCUT2D eigenvalue weighted by Crippen LogP contribution is 2.17. The Morgan fingerprint density at radius 1 is 1.24 bits per heavy atom. The highest BCUT2D eigenvalue weighted by molar-refractivity contribution is 5.24. The molecule has 1 aromatic rings. The Morgan fingerprint density at radius 3 is 2.57 bits per heavy atom. The van der Waals surface area contributed by atoms with Crippen LogP contribution >= 0.6 is 0 Å². The van der Waals surface area contributed by atoms with Crippen LogP contribution in [0, 0.1) is 5.92 Å². The molecule has 1 aliphatic rings. The van der Waals surface area contributed by atoms with E-state index in [1.807, 2.05) is 0 Å². The van der Waals surface area contributed by atoms with E-state index in [1.165, 1.54) is 56.6 Å². The van der Waals surface area contributed by atoms with Crippen molar-refractivity contribution in [2.75, 3.05) is 26.2 Å². The summed E-state index contributed by atoms with van der Waals surface area (Å²) in [5, 5.41) is 3.54. The van der Waals surface area contributed by atoms with E-state index in [9.17, 15) is 0 Å². The minimum Gasteiger partial charge on any atom is -0.316 e. The van der Waals surface area contributed by atoms with E-state index < -0.39 is 0 Å². The maximum Gasteiger partial charge on any atom is 0.0233 e. The van der Waals surface area contributed by atoms with Crippen LogP contribution in [0.3, 0.4) is 0 Å². The molecular formula is C19H32N2. The Hall–Kier alpha value is -0.860. The molecule has 118 valence electrons. The van der Waals surface area contributed by atoms with Gasteiger partial charge in [0.25, 0.3) is 0 Å². The molecule has 2 heteroatoms. The topological polar surface area (TPSA) is 15.3 Å². The zero-order valence-electron chi connectivity index (χ0n) is 14.1. The predicted octanol–water partition coefficient (Wildman–Crippen LogP) is 4.02. The summed E-state index contributed by atoms with van der Waals surface area (Å²) in [6, 6.07) is 9.23. The van der Waals surface area contributed by atoms with E-state index in [0.29, 0.717) is 5.92 Å². The molecule has 1 heterocycles. The lowest BCUT2D eigenvalue weighted by Gasteiger charge is -2.30. The van der Waals surface area contributed by atoms with E-state index in [2.05, 4.69) is 55.3 Å². The van der Waals surface area contributed by atoms with Crippen LogP contribution in [0.25, 0.3) is 0 Å². The first kappa shape index (κ1) is 16.5. The predicted molar refractivity (Wildman–Crippen MR) is 91.7 cm³/mol. The second-order valence-corrected chi connectivity index (χ2v) is 6.84. The largest absolute Gasteiger partial charge is 0.316 e. The maximum absolute atomic E-state index is 3.54. The van der Waals surface area contributed by atoms with Crippen molar-refractivity contribution in [2.24, 2.45) is 5.92 Å². The van der Waals surface area contributed by atoms with Crippen molar-refractivity contribution in [1.29, 1.82) is 0 Å². The molecule has 0 aromatic heterocycles. The number of nitrogens with zero attached hydrogens (tertiary/aromatic N) is 1. The quantitative estimate of drug-likeness (QED) is 0.815. The van der Waals surface area contributed by atoms with E-state index in [4.69, 9.17) is 0 Å². The Labute approximate surface area is 130 Å². The Balaban J connectivity index is 1.91. The number of hydrogen-bond donors (Lipinski definition) is 1. The molecule has 1 aliphatic heterocycles. The van der Waals surface area contributed by atoms with Crippen LogP contribution < -0.4 is 5.32 Å². The fourth-order valence-electron chi connectivity index (χ4n) is 3.26. The second-order valence-electron chi connectivity index (χ2n) is 6.84. The molecule has 1 N–H and O–H groups in total. The average molecular weight is 288 g/mol. The molecular weight excluding hydrogens is 256 g/mol. The first-order chi connectivity index (χ1) is 10.2. The van der Waals surface area contributed by atoms with Crippen LogP contribution in [0.1, 0.15) is 57.1 Å². The van der Waals surface area contributed by atoms with E-state index in [0.717, 1.165) is 12.5 Å². The van der Waals surface area contributed by atoms with Crippen LogP contribution in [0.5, 0.6) is 0 Å². The third-order valence-electron chi connectivity index (χ3n) is 4.51. The van der Waals surface area contributed by atoms with E-state index in [-0.39, 0.29) is 0 Å². The van der Waals surface area contributed by atoms with Gasteiger partial charge in [0.1, 0.15) is 0 Å². The van der Waals surface area contributed by atoms with E-state index in [1.54, 1.807) is 0 Å². The number of benzene rings is 1. The molecule has 1 unspecified atom stereocenters. The van der Waals surface area contributed by atoms with Crippen molar-refractivity contribution in [3.8, 4) is 0 Å². The van der Waals surface area contributed by atoms with Gasteiger partial charge in [-0.05, 0) is 61.9 Å². The Morgan fingerprint density at radius 2 is 2.00 bits per heavy atom. The molecule has 0 aliphatic carbocycles. The highest BCUT2D eigenvalue weighted by atomic mass is 15.1. The summed E-state index contributed by atoms with van der Waals surface area (Å²) in [6.07, 6.45) is 3.97. The monoisotopic (exact) mass is 288 g/mol. The molecule has 0 saturated carbocycles. The summed E-state index contributed by atoms with van der Waals surface area (Å²) in [6.45, 7) is 12.8. The van der Waals surface area contributed by atoms with Gasteiger partial charge in [0.2, 0.25) is 0 Å². The minimum atomic E-state index is 0.624. The summed E-state index contributed by atoms with van der Waals surface area (Å²) in [5.41, 5.74) is 2.90. The molecule has 2 rings (SSSR count). The fraction of sp³-hybridized carbons (Fsp3) is 0.684. The molecule has 1 saturated heterocycles. The molecule has 1 atom stereocenters. The number of nitrogens with one attached hydrogen (secondary N) is 1. The van der Waals surface area contributed by atoms with Gasteiger partial charge in [0, 0.05) is 13.1 Å². The lowest BCUT2D eigenvalue weighted by atomic mass is 9.98. The van der Waals surface area contributed by atoms with Gasteiger partial charge in [0.05, 0.1) is 0 Å². The molecule has 1 fully saturated rings. The van der Waals surface area contributed by atoms with Gasteiger partial charge in [0.15, 0.2) is 0 Å². The first-order valence-electron chi connectivity index (χ1n) is 8.71. The van der Waals surface area contributed by atoms with Crippen molar-refractivity contribution in [3.63, 3.8) is 0 Å². The SMILES string of the molecule is CCCN(Cc1ccc(C(C)C)cc1)CC1CCCNC1. The van der Waals surface area contributed by atoms with Gasteiger partial charge in [-0.2, -0.15) is 0 Å². The molecule has 0 radical (unpaired) electrons. The Bertz CT molecular complexity index is 391. The highest BCUT2D eigenvalue weighted by Gasteiger charge is 2.16. The van der Waals surface area contributed by atoms with Gasteiger partial charge < -0.3 is 5.32 Å². The van der Waals surface area contributed by atoms with E-state index >= 15 is 0 Å². The second kappa shape index (κ2) is 8.55. The van der Waals surface area contributed by atoms with Gasteiger partial charge in [-0.3, -0.25) is 4.90 Å². The fourth-order valence-corrected chi connectivity index (χ4v) is 3.26. The summed E-state index contributed by atoms with van der Waals surface area (Å²) >= 11 is 0. The van der Waals surface area contributed by atoms with Crippen LogP contribution in [-0.4, -0.2) is 31.1 Å². The average Bonchev–Trinajstić information content (AvgIpc) is 2.49. The smallest absolute Gasteiger partial charge is 0.0233 e. The molecule has 21 heavy (non-hydrogen) atoms. The van der Waals surface area contributed by atoms with Crippen molar-refractivity contribution >= 4 is 0 Å². The lowest BCUT2D eigenvalue weighted by molar-refractivity contribution is 0.201. The molecule has 0 amide bonds. The summed E-state index contributed by atoms with van der Waals surface area (Å²) in [5.74, 6) is 1.46. The van der Waals surface area contributed by atoms with Crippen molar-refractivity contribution < 1.29 is 0 Å². The molecule has 2 nitrogen and oxygen atoms in total. The number of hydrogen-bond acceptors (Lipinski definition) is 2. The number of piperidine rings is 1. The van der Waals surface area contributed by atoms with Gasteiger partial charge >= 0.3 is 0 Å². The first-order valence-corrected chi connectivity index (χ1v) is 8.71. The van der Waals surface area contributed by atoms with Crippen LogP contribution in [0.15, 0.2) is 24.3 Å².